The number of likely N-dealkylation sites (tertiary alicyclic amines) is 1. The van der Waals surface area contributed by atoms with E-state index in [1.54, 1.807) is 0 Å². The molecule has 1 aromatic rings. The molecule has 0 amide bonds. The van der Waals surface area contributed by atoms with Crippen LogP contribution in [-0.2, 0) is 0 Å². The van der Waals surface area contributed by atoms with E-state index in [4.69, 9.17) is 0 Å². The zero-order valence-corrected chi connectivity index (χ0v) is 14.8. The molecule has 5 heteroatoms. The fourth-order valence-corrected chi connectivity index (χ4v) is 3.43. The Morgan fingerprint density at radius 1 is 1.29 bits per heavy atom. The Morgan fingerprint density at radius 2 is 2.00 bits per heavy atom. The Balaban J connectivity index is 1.76. The first-order valence-electron chi connectivity index (χ1n) is 9.03. The molecule has 24 heavy (non-hydrogen) atoms. The van der Waals surface area contributed by atoms with Crippen molar-refractivity contribution in [2.45, 2.75) is 38.7 Å². The monoisotopic (exact) mass is 340 g/mol. The van der Waals surface area contributed by atoms with E-state index in [2.05, 4.69) is 23.8 Å². The minimum atomic E-state index is -0.908. The predicted molar refractivity (Wildman–Crippen MR) is 92.9 cm³/mol. The molecule has 0 radical (unpaired) electrons. The highest BCUT2D eigenvalue weighted by molar-refractivity contribution is 5.21. The minimum Gasteiger partial charge on any atom is -0.387 e. The van der Waals surface area contributed by atoms with Crippen molar-refractivity contribution in [2.75, 3.05) is 39.8 Å². The van der Waals surface area contributed by atoms with Gasteiger partial charge in [-0.1, -0.05) is 19.4 Å². The first-order valence-corrected chi connectivity index (χ1v) is 9.03. The summed E-state index contributed by atoms with van der Waals surface area (Å²) in [6.07, 6.45) is 3.77. The highest BCUT2D eigenvalue weighted by Gasteiger charge is 2.23. The Bertz CT molecular complexity index is 504. The molecule has 2 rings (SSSR count). The zero-order valence-electron chi connectivity index (χ0n) is 14.8. The van der Waals surface area contributed by atoms with Crippen LogP contribution in [0.4, 0.5) is 8.78 Å². The minimum absolute atomic E-state index is 0.179. The molecule has 1 atom stereocenters. The number of aliphatic hydroxyl groups is 1. The van der Waals surface area contributed by atoms with Gasteiger partial charge >= 0.3 is 0 Å². The molecule has 1 heterocycles. The lowest BCUT2D eigenvalue weighted by Gasteiger charge is -2.35. The number of rotatable bonds is 8. The summed E-state index contributed by atoms with van der Waals surface area (Å²) in [5.74, 6) is -0.589. The van der Waals surface area contributed by atoms with Crippen molar-refractivity contribution < 1.29 is 13.9 Å². The highest BCUT2D eigenvalue weighted by atomic mass is 19.1. The van der Waals surface area contributed by atoms with Gasteiger partial charge in [-0.05, 0) is 57.9 Å². The van der Waals surface area contributed by atoms with Crippen LogP contribution in [-0.4, -0.2) is 54.7 Å². The molecular weight excluding hydrogens is 310 g/mol. The summed E-state index contributed by atoms with van der Waals surface area (Å²) >= 11 is 0. The zero-order chi connectivity index (χ0) is 17.5. The van der Waals surface area contributed by atoms with Crippen LogP contribution in [0.5, 0.6) is 0 Å². The maximum Gasteiger partial charge on any atom is 0.131 e. The number of unbranched alkanes of at least 4 members (excludes halogenated alkanes) is 1. The normalized spacial score (nSPS) is 18.2. The van der Waals surface area contributed by atoms with Crippen LogP contribution in [0.1, 0.15) is 44.3 Å². The Morgan fingerprint density at radius 3 is 2.62 bits per heavy atom. The molecule has 1 fully saturated rings. The van der Waals surface area contributed by atoms with Crippen molar-refractivity contribution >= 4 is 0 Å². The van der Waals surface area contributed by atoms with Gasteiger partial charge in [0.25, 0.3) is 0 Å². The molecule has 0 bridgehead atoms. The van der Waals surface area contributed by atoms with Crippen molar-refractivity contribution in [1.29, 1.82) is 0 Å². The van der Waals surface area contributed by atoms with Crippen LogP contribution in [0.2, 0.25) is 0 Å². The van der Waals surface area contributed by atoms with Gasteiger partial charge in [0, 0.05) is 24.7 Å². The maximum atomic E-state index is 13.7. The van der Waals surface area contributed by atoms with Gasteiger partial charge in [0.05, 0.1) is 6.10 Å². The largest absolute Gasteiger partial charge is 0.387 e. The van der Waals surface area contributed by atoms with Gasteiger partial charge in [-0.3, -0.25) is 0 Å². The molecular formula is C19H30F2N2O. The van der Waals surface area contributed by atoms with Crippen molar-refractivity contribution in [3.05, 3.63) is 35.4 Å². The van der Waals surface area contributed by atoms with E-state index >= 15 is 0 Å². The van der Waals surface area contributed by atoms with E-state index < -0.39 is 17.7 Å². The van der Waals surface area contributed by atoms with Crippen molar-refractivity contribution in [1.82, 2.24) is 9.80 Å². The number of aliphatic hydroxyl groups excluding tert-OH is 1. The van der Waals surface area contributed by atoms with E-state index in [1.165, 1.54) is 25.0 Å². The number of piperidine rings is 1. The summed E-state index contributed by atoms with van der Waals surface area (Å²) < 4.78 is 26.7. The first kappa shape index (κ1) is 19.3. The van der Waals surface area contributed by atoms with E-state index in [0.717, 1.165) is 45.1 Å². The average Bonchev–Trinajstić information content (AvgIpc) is 2.54. The molecule has 3 nitrogen and oxygen atoms in total. The number of hydrogen-bond donors (Lipinski definition) is 1. The van der Waals surface area contributed by atoms with Crippen LogP contribution in [0.3, 0.4) is 0 Å². The third kappa shape index (κ3) is 5.80. The van der Waals surface area contributed by atoms with Crippen LogP contribution in [0.25, 0.3) is 0 Å². The Kier molecular flexibility index (Phi) is 7.59. The van der Waals surface area contributed by atoms with Crippen molar-refractivity contribution in [3.63, 3.8) is 0 Å². The van der Waals surface area contributed by atoms with E-state index in [9.17, 15) is 13.9 Å². The number of β-amino-alcohol motifs (C(OH)–C–C–N with tert-alkyl or cyclic N) is 1. The molecule has 0 saturated carbocycles. The predicted octanol–water partition coefficient (Wildman–Crippen LogP) is 3.44. The van der Waals surface area contributed by atoms with Crippen LogP contribution in [0, 0.1) is 17.6 Å². The van der Waals surface area contributed by atoms with Crippen LogP contribution >= 0.6 is 0 Å². The third-order valence-corrected chi connectivity index (χ3v) is 4.92. The summed E-state index contributed by atoms with van der Waals surface area (Å²) in [7, 11) is 2.18. The standard InChI is InChI=1S/C19H30F2N2O/c1-3-4-9-22(2)13-15-7-10-23(11-8-15)14-19(24)17-6-5-16(20)12-18(17)21/h5-6,12,15,19,24H,3-4,7-11,13-14H2,1-2H3. The number of halogens is 2. The van der Waals surface area contributed by atoms with Gasteiger partial charge in [0.15, 0.2) is 0 Å². The fraction of sp³-hybridized carbons (Fsp3) is 0.684. The first-order chi connectivity index (χ1) is 11.5. The fourth-order valence-electron chi connectivity index (χ4n) is 3.43. The summed E-state index contributed by atoms with van der Waals surface area (Å²) in [5, 5.41) is 10.2. The Labute approximate surface area is 144 Å². The van der Waals surface area contributed by atoms with Crippen molar-refractivity contribution in [3.8, 4) is 0 Å². The SMILES string of the molecule is CCCCN(C)CC1CCN(CC(O)c2ccc(F)cc2F)CC1. The van der Waals surface area contributed by atoms with Gasteiger partial charge in [0.1, 0.15) is 11.6 Å². The second-order valence-corrected chi connectivity index (χ2v) is 7.04. The van der Waals surface area contributed by atoms with E-state index in [-0.39, 0.29) is 5.56 Å². The molecule has 1 aliphatic heterocycles. The molecule has 1 N–H and O–H groups in total. The van der Waals surface area contributed by atoms with Gasteiger partial charge < -0.3 is 14.9 Å². The smallest absolute Gasteiger partial charge is 0.131 e. The summed E-state index contributed by atoms with van der Waals surface area (Å²) in [4.78, 5) is 4.59. The maximum absolute atomic E-state index is 13.7. The quantitative estimate of drug-likeness (QED) is 0.785. The number of nitrogens with zero attached hydrogens (tertiary/aromatic N) is 2. The molecule has 0 aromatic heterocycles. The third-order valence-electron chi connectivity index (χ3n) is 4.92. The number of benzene rings is 1. The second kappa shape index (κ2) is 9.44. The lowest BCUT2D eigenvalue weighted by atomic mass is 9.95. The summed E-state index contributed by atoms with van der Waals surface area (Å²) in [5.41, 5.74) is 0.179. The second-order valence-electron chi connectivity index (χ2n) is 7.04. The molecule has 1 unspecified atom stereocenters. The molecule has 1 aromatic carbocycles. The molecule has 1 saturated heterocycles. The van der Waals surface area contributed by atoms with E-state index in [1.807, 2.05) is 0 Å². The topological polar surface area (TPSA) is 26.7 Å². The van der Waals surface area contributed by atoms with Crippen LogP contribution < -0.4 is 0 Å². The lowest BCUT2D eigenvalue weighted by molar-refractivity contribution is 0.0809. The average molecular weight is 340 g/mol. The van der Waals surface area contributed by atoms with E-state index in [0.29, 0.717) is 12.5 Å². The summed E-state index contributed by atoms with van der Waals surface area (Å²) in [6.45, 7) is 6.74. The molecule has 136 valence electrons. The molecule has 1 aliphatic rings. The van der Waals surface area contributed by atoms with Gasteiger partial charge in [-0.15, -0.1) is 0 Å². The van der Waals surface area contributed by atoms with Crippen LogP contribution in [0.15, 0.2) is 18.2 Å². The highest BCUT2D eigenvalue weighted by Crippen LogP contribution is 2.23. The van der Waals surface area contributed by atoms with Crippen molar-refractivity contribution in [2.24, 2.45) is 5.92 Å². The Hall–Kier alpha value is -1.04. The number of hydrogen-bond acceptors (Lipinski definition) is 3. The van der Waals surface area contributed by atoms with Gasteiger partial charge in [-0.25, -0.2) is 8.78 Å². The van der Waals surface area contributed by atoms with Gasteiger partial charge in [-0.2, -0.15) is 0 Å². The van der Waals surface area contributed by atoms with Gasteiger partial charge in [0.2, 0.25) is 0 Å². The molecule has 0 spiro atoms. The summed E-state index contributed by atoms with van der Waals surface area (Å²) in [6, 6.07) is 3.36. The lowest BCUT2D eigenvalue weighted by Crippen LogP contribution is -2.39. The molecule has 0 aliphatic carbocycles.